The third-order valence-corrected chi connectivity index (χ3v) is 24.0. The van der Waals surface area contributed by atoms with Crippen molar-refractivity contribution < 1.29 is 0 Å². The van der Waals surface area contributed by atoms with E-state index < -0.39 is 0 Å². The number of anilines is 3. The Morgan fingerprint density at radius 2 is 0.646 bits per heavy atom. The summed E-state index contributed by atoms with van der Waals surface area (Å²) in [6.07, 6.45) is 17.0. The van der Waals surface area contributed by atoms with Gasteiger partial charge in [0.15, 0.2) is 0 Å². The summed E-state index contributed by atoms with van der Waals surface area (Å²) in [4.78, 5) is 2.51. The first-order valence-corrected chi connectivity index (χ1v) is 36.4. The van der Waals surface area contributed by atoms with Crippen LogP contribution in [0, 0.1) is 0 Å². The van der Waals surface area contributed by atoms with Gasteiger partial charge in [0.1, 0.15) is 0 Å². The Bertz CT molecular complexity index is 5260. The van der Waals surface area contributed by atoms with Crippen LogP contribution in [-0.4, -0.2) is 0 Å². The molecule has 13 aromatic carbocycles. The molecule has 17 rings (SSSR count). The number of hydrogen-bond donors (Lipinski definition) is 0. The molecule has 1 nitrogen and oxygen atoms in total. The Morgan fingerprint density at radius 3 is 1.25 bits per heavy atom. The fraction of sp³-hybridized carbons (Fsp3) is 0.263. The number of rotatable bonds is 18. The van der Waals surface area contributed by atoms with E-state index in [9.17, 15) is 0 Å². The van der Waals surface area contributed by atoms with Crippen LogP contribution in [0.15, 0.2) is 237 Å². The van der Waals surface area contributed by atoms with Gasteiger partial charge < -0.3 is 4.90 Å². The number of unbranched alkanes of at least 4 members (excludes halogenated alkanes) is 9. The topological polar surface area (TPSA) is 3.24 Å². The van der Waals surface area contributed by atoms with E-state index in [0.29, 0.717) is 0 Å². The van der Waals surface area contributed by atoms with Crippen molar-refractivity contribution in [1.29, 1.82) is 0 Å². The molecule has 0 heterocycles. The van der Waals surface area contributed by atoms with Gasteiger partial charge in [0.25, 0.3) is 0 Å². The number of hydrogen-bond acceptors (Lipinski definition) is 1. The maximum Gasteiger partial charge on any atom is 0.0543 e. The SMILES string of the molecule is CCCCCCCCC1(CCCCCCC)c2ccccc2-c2ccc(-c3ccc4c(c3)C(C)(C)c3cc(-c5ccc(N(c6ccccc6)c6cc7c(c8ccccc68)-c6cc8c(cc6C7(C)C)-c6cc7c9ccccc9c9ccccc9c7cc6C8(C)C)cc5)ccc3-4)cc21. The summed E-state index contributed by atoms with van der Waals surface area (Å²) in [6, 6.07) is 92.1. The van der Waals surface area contributed by atoms with Gasteiger partial charge in [-0.2, -0.15) is 0 Å². The predicted octanol–water partition coefficient (Wildman–Crippen LogP) is 27.4. The van der Waals surface area contributed by atoms with Crippen molar-refractivity contribution in [3.63, 3.8) is 0 Å². The van der Waals surface area contributed by atoms with Gasteiger partial charge in [0, 0.05) is 38.4 Å². The molecule has 0 saturated carbocycles. The summed E-state index contributed by atoms with van der Waals surface area (Å²) in [7, 11) is 0. The minimum atomic E-state index is -0.276. The van der Waals surface area contributed by atoms with E-state index in [0.717, 1.165) is 11.4 Å². The fourth-order valence-corrected chi connectivity index (χ4v) is 18.8. The Balaban J connectivity index is 0.699. The molecule has 0 fully saturated rings. The molecule has 0 saturated heterocycles. The molecule has 0 aliphatic heterocycles. The van der Waals surface area contributed by atoms with Gasteiger partial charge in [-0.1, -0.05) is 290 Å². The molecular formula is C95H89N. The van der Waals surface area contributed by atoms with E-state index in [1.54, 1.807) is 11.1 Å². The maximum absolute atomic E-state index is 2.64. The highest BCUT2D eigenvalue weighted by Crippen LogP contribution is 2.61. The molecular weight excluding hydrogens is 1160 g/mol. The minimum absolute atomic E-state index is 0.0543. The zero-order valence-electron chi connectivity index (χ0n) is 57.7. The zero-order chi connectivity index (χ0) is 65.2. The van der Waals surface area contributed by atoms with E-state index in [2.05, 4.69) is 297 Å². The monoisotopic (exact) mass is 1240 g/mol. The second-order valence-corrected chi connectivity index (χ2v) is 30.5. The van der Waals surface area contributed by atoms with Crippen LogP contribution in [-0.2, 0) is 21.7 Å². The van der Waals surface area contributed by atoms with Gasteiger partial charge >= 0.3 is 0 Å². The maximum atomic E-state index is 2.64. The lowest BCUT2D eigenvalue weighted by Gasteiger charge is -2.33. The average molecular weight is 1240 g/mol. The number of nitrogens with zero attached hydrogens (tertiary/aromatic N) is 1. The lowest BCUT2D eigenvalue weighted by Crippen LogP contribution is -2.25. The van der Waals surface area contributed by atoms with Gasteiger partial charge in [-0.15, -0.1) is 0 Å². The van der Waals surface area contributed by atoms with Crippen LogP contribution in [0.25, 0.3) is 110 Å². The molecule has 96 heavy (non-hydrogen) atoms. The average Bonchev–Trinajstić information content (AvgIpc) is 1.53. The van der Waals surface area contributed by atoms with Gasteiger partial charge in [0.2, 0.25) is 0 Å². The van der Waals surface area contributed by atoms with Gasteiger partial charge in [-0.25, -0.2) is 0 Å². The number of fused-ring (bicyclic) bond motifs is 20. The first kappa shape index (κ1) is 60.4. The summed E-state index contributed by atoms with van der Waals surface area (Å²) in [5, 5.41) is 10.5. The minimum Gasteiger partial charge on any atom is -0.310 e. The van der Waals surface area contributed by atoms with Crippen LogP contribution >= 0.6 is 0 Å². The Morgan fingerprint density at radius 1 is 0.250 bits per heavy atom. The molecule has 1 heteroatoms. The molecule has 4 aliphatic rings. The lowest BCUT2D eigenvalue weighted by molar-refractivity contribution is 0.398. The first-order chi connectivity index (χ1) is 46.8. The van der Waals surface area contributed by atoms with Crippen molar-refractivity contribution in [2.45, 2.75) is 161 Å². The second-order valence-electron chi connectivity index (χ2n) is 30.5. The van der Waals surface area contributed by atoms with Gasteiger partial charge in [-0.3, -0.25) is 0 Å². The third kappa shape index (κ3) is 9.29. The normalized spacial score (nSPS) is 16.1. The van der Waals surface area contributed by atoms with Gasteiger partial charge in [-0.05, 0) is 235 Å². The molecule has 0 spiro atoms. The highest BCUT2D eigenvalue weighted by atomic mass is 15.1. The van der Waals surface area contributed by atoms with Crippen molar-refractivity contribution in [1.82, 2.24) is 0 Å². The fourth-order valence-electron chi connectivity index (χ4n) is 18.8. The standard InChI is InChI=1S/C95H89N/c1-9-11-13-15-17-30-52-95(51-29-16-14-12-10-2)82-40-28-27-37-71(82)74-50-45-64(55-88(74)95)63-44-49-73-72-48-43-62(53-83(72)92(3,4)84(73)54-63)61-41-46-66(47-42-61)96(65-31-19-18-20-32-65)90-60-89-91(76-39-26-25-38-75(76)90)81-59-86-80(58-87(81)94(89,7)8)79-56-77-69-35-23-21-33-67(69)68-34-22-24-36-70(68)78(77)57-85(79)93(86,5)6/h18-28,31-50,53-60H,9-17,29-30,51-52H2,1-8H3. The predicted molar refractivity (Wildman–Crippen MR) is 412 cm³/mol. The van der Waals surface area contributed by atoms with Crippen molar-refractivity contribution in [2.75, 3.05) is 4.90 Å². The van der Waals surface area contributed by atoms with Crippen LogP contribution in [0.4, 0.5) is 17.1 Å². The zero-order valence-corrected chi connectivity index (χ0v) is 57.7. The van der Waals surface area contributed by atoms with Crippen molar-refractivity contribution in [3.8, 4) is 66.8 Å². The van der Waals surface area contributed by atoms with Gasteiger partial charge in [0.05, 0.1) is 5.69 Å². The highest BCUT2D eigenvalue weighted by Gasteiger charge is 2.45. The molecule has 4 aliphatic carbocycles. The molecule has 0 amide bonds. The summed E-state index contributed by atoms with van der Waals surface area (Å²) in [5.41, 5.74) is 30.7. The molecule has 1 unspecified atom stereocenters. The van der Waals surface area contributed by atoms with Crippen molar-refractivity contribution >= 4 is 60.2 Å². The van der Waals surface area contributed by atoms with Crippen LogP contribution in [0.3, 0.4) is 0 Å². The van der Waals surface area contributed by atoms with Crippen LogP contribution in [0.5, 0.6) is 0 Å². The number of benzene rings is 13. The largest absolute Gasteiger partial charge is 0.310 e. The second kappa shape index (κ2) is 23.2. The molecule has 1 atom stereocenters. The summed E-state index contributed by atoms with van der Waals surface area (Å²) in [6.45, 7) is 19.4. The first-order valence-electron chi connectivity index (χ1n) is 36.4. The Hall–Kier alpha value is -9.30. The third-order valence-electron chi connectivity index (χ3n) is 24.0. The molecule has 0 aromatic heterocycles. The van der Waals surface area contributed by atoms with Crippen LogP contribution in [0.1, 0.15) is 183 Å². The molecule has 0 N–H and O–H groups in total. The van der Waals surface area contributed by atoms with Crippen LogP contribution in [0.2, 0.25) is 0 Å². The molecule has 474 valence electrons. The van der Waals surface area contributed by atoms with E-state index >= 15 is 0 Å². The smallest absolute Gasteiger partial charge is 0.0543 e. The van der Waals surface area contributed by atoms with E-state index in [1.165, 1.54) is 232 Å². The van der Waals surface area contributed by atoms with E-state index in [-0.39, 0.29) is 21.7 Å². The molecule has 0 radical (unpaired) electrons. The number of para-hydroxylation sites is 1. The van der Waals surface area contributed by atoms with E-state index in [4.69, 9.17) is 0 Å². The summed E-state index contributed by atoms with van der Waals surface area (Å²) in [5.74, 6) is 0. The molecule has 0 bridgehead atoms. The Labute approximate surface area is 569 Å². The quantitative estimate of drug-likeness (QED) is 0.0611. The molecule has 13 aromatic rings. The highest BCUT2D eigenvalue weighted by molar-refractivity contribution is 6.26. The van der Waals surface area contributed by atoms with E-state index in [1.807, 2.05) is 0 Å². The Kier molecular flexibility index (Phi) is 14.6. The lowest BCUT2D eigenvalue weighted by atomic mass is 9.70. The summed E-state index contributed by atoms with van der Waals surface area (Å²) < 4.78 is 0. The van der Waals surface area contributed by atoms with Crippen molar-refractivity contribution in [2.24, 2.45) is 0 Å². The van der Waals surface area contributed by atoms with Crippen molar-refractivity contribution in [3.05, 3.63) is 281 Å². The summed E-state index contributed by atoms with van der Waals surface area (Å²) >= 11 is 0. The van der Waals surface area contributed by atoms with Crippen LogP contribution < -0.4 is 4.90 Å².